The summed E-state index contributed by atoms with van der Waals surface area (Å²) in [5.41, 5.74) is 4.55. The molecule has 1 aliphatic carbocycles. The van der Waals surface area contributed by atoms with E-state index < -0.39 is 0 Å². The highest BCUT2D eigenvalue weighted by Crippen LogP contribution is 2.32. The van der Waals surface area contributed by atoms with Gasteiger partial charge in [-0.25, -0.2) is 9.78 Å². The molecule has 5 rings (SSSR count). The maximum Gasteiger partial charge on any atom is 0.414 e. The van der Waals surface area contributed by atoms with Crippen LogP contribution in [0.25, 0.3) is 11.0 Å². The fraction of sp³-hybridized carbons (Fsp3) is 0.381. The summed E-state index contributed by atoms with van der Waals surface area (Å²) < 4.78 is 5.48. The van der Waals surface area contributed by atoms with Gasteiger partial charge in [0.25, 0.3) is 0 Å². The van der Waals surface area contributed by atoms with Gasteiger partial charge in [0.05, 0.1) is 34.0 Å². The molecule has 1 aromatic carbocycles. The molecule has 7 heteroatoms. The minimum atomic E-state index is -0.250. The molecule has 1 N–H and O–H groups in total. The number of carbonyl (C=O) groups excluding carboxylic acids is 1. The van der Waals surface area contributed by atoms with Crippen molar-refractivity contribution in [2.24, 2.45) is 0 Å². The minimum absolute atomic E-state index is 0.00488. The van der Waals surface area contributed by atoms with Crippen molar-refractivity contribution in [2.45, 2.75) is 44.6 Å². The predicted octanol–water partition coefficient (Wildman–Crippen LogP) is 4.81. The number of nitrogens with one attached hydrogen (secondary N) is 1. The Morgan fingerprint density at radius 3 is 2.96 bits per heavy atom. The van der Waals surface area contributed by atoms with Crippen LogP contribution in [0.1, 0.15) is 49.3 Å². The van der Waals surface area contributed by atoms with Gasteiger partial charge in [0.1, 0.15) is 11.9 Å². The maximum absolute atomic E-state index is 12.4. The molecule has 3 aromatic rings. The van der Waals surface area contributed by atoms with E-state index in [1.807, 2.05) is 30.3 Å². The van der Waals surface area contributed by atoms with Crippen LogP contribution in [-0.4, -0.2) is 33.7 Å². The first-order valence-electron chi connectivity index (χ1n) is 9.71. The third-order valence-corrected chi connectivity index (χ3v) is 5.62. The Hall–Kier alpha value is -2.60. The number of aromatic amines is 1. The molecule has 1 amide bonds. The third-order valence-electron chi connectivity index (χ3n) is 5.39. The van der Waals surface area contributed by atoms with Crippen molar-refractivity contribution in [3.05, 3.63) is 52.6 Å². The average Bonchev–Trinajstić information content (AvgIpc) is 3.41. The van der Waals surface area contributed by atoms with Crippen LogP contribution < -0.4 is 4.90 Å². The van der Waals surface area contributed by atoms with Crippen molar-refractivity contribution in [1.82, 2.24) is 15.0 Å². The lowest BCUT2D eigenvalue weighted by Gasteiger charge is -2.28. The highest BCUT2D eigenvalue weighted by molar-refractivity contribution is 6.31. The van der Waals surface area contributed by atoms with Gasteiger partial charge in [-0.2, -0.15) is 0 Å². The molecule has 0 spiro atoms. The van der Waals surface area contributed by atoms with Gasteiger partial charge in [0.2, 0.25) is 0 Å². The third kappa shape index (κ3) is 3.22. The second-order valence-electron chi connectivity index (χ2n) is 7.55. The second-order valence-corrected chi connectivity index (χ2v) is 7.98. The molecule has 0 unspecified atom stereocenters. The minimum Gasteiger partial charge on any atom is -0.446 e. The Labute approximate surface area is 167 Å². The Morgan fingerprint density at radius 1 is 1.29 bits per heavy atom. The van der Waals surface area contributed by atoms with E-state index in [1.54, 1.807) is 4.90 Å². The van der Waals surface area contributed by atoms with Crippen LogP contribution in [0.5, 0.6) is 0 Å². The highest BCUT2D eigenvalue weighted by atomic mass is 35.5. The lowest BCUT2D eigenvalue weighted by molar-refractivity contribution is 0.146. The number of hydrogen-bond donors (Lipinski definition) is 1. The molecule has 28 heavy (non-hydrogen) atoms. The number of hydrogen-bond acceptors (Lipinski definition) is 4. The van der Waals surface area contributed by atoms with Gasteiger partial charge >= 0.3 is 6.09 Å². The van der Waals surface area contributed by atoms with Crippen LogP contribution >= 0.6 is 11.6 Å². The topological polar surface area (TPSA) is 71.1 Å². The molecule has 2 aliphatic rings. The number of pyridine rings is 1. The Morgan fingerprint density at radius 2 is 2.14 bits per heavy atom. The summed E-state index contributed by atoms with van der Waals surface area (Å²) in [6, 6.07) is 9.59. The highest BCUT2D eigenvalue weighted by Gasteiger charge is 2.31. The number of carbonyl (C=O) groups is 1. The molecular formula is C21H21ClN4O2. The fourth-order valence-corrected chi connectivity index (χ4v) is 3.81. The van der Waals surface area contributed by atoms with E-state index in [-0.39, 0.29) is 18.1 Å². The lowest BCUT2D eigenvalue weighted by Crippen LogP contribution is -2.36. The zero-order valence-corrected chi connectivity index (χ0v) is 16.4. The van der Waals surface area contributed by atoms with Gasteiger partial charge in [-0.05, 0) is 62.9 Å². The van der Waals surface area contributed by atoms with E-state index >= 15 is 0 Å². The van der Waals surface area contributed by atoms with Gasteiger partial charge < -0.3 is 9.72 Å². The van der Waals surface area contributed by atoms with Crippen LogP contribution in [0.4, 0.5) is 10.5 Å². The van der Waals surface area contributed by atoms with E-state index in [2.05, 4.69) is 16.9 Å². The number of nitrogens with zero attached hydrogens (tertiary/aromatic N) is 3. The summed E-state index contributed by atoms with van der Waals surface area (Å²) in [5, 5.41) is 0.681. The number of amides is 1. The smallest absolute Gasteiger partial charge is 0.414 e. The molecule has 1 fully saturated rings. The number of halogens is 1. The summed E-state index contributed by atoms with van der Waals surface area (Å²) in [6.45, 7) is 2.76. The SMILES string of the molecule is C[C@H](c1ccc2c(n1)CCCN2C(=O)OC1CC1)c1nc2ccc(Cl)cc2[nH]1. The zero-order chi connectivity index (χ0) is 19.3. The molecule has 1 aliphatic heterocycles. The van der Waals surface area contributed by atoms with E-state index in [1.165, 1.54) is 0 Å². The largest absolute Gasteiger partial charge is 0.446 e. The monoisotopic (exact) mass is 396 g/mol. The van der Waals surface area contributed by atoms with Crippen molar-refractivity contribution < 1.29 is 9.53 Å². The normalized spacial score (nSPS) is 17.4. The van der Waals surface area contributed by atoms with E-state index in [9.17, 15) is 4.79 Å². The van der Waals surface area contributed by atoms with Crippen molar-refractivity contribution in [1.29, 1.82) is 0 Å². The van der Waals surface area contributed by atoms with Crippen molar-refractivity contribution >= 4 is 34.4 Å². The maximum atomic E-state index is 12.4. The van der Waals surface area contributed by atoms with E-state index in [4.69, 9.17) is 21.3 Å². The van der Waals surface area contributed by atoms with Gasteiger partial charge in [0.15, 0.2) is 0 Å². The zero-order valence-electron chi connectivity index (χ0n) is 15.6. The Kier molecular flexibility index (Phi) is 4.23. The summed E-state index contributed by atoms with van der Waals surface area (Å²) in [5.74, 6) is 0.857. The second kappa shape index (κ2) is 6.78. The number of rotatable bonds is 3. The molecule has 3 heterocycles. The molecule has 6 nitrogen and oxygen atoms in total. The first-order valence-corrected chi connectivity index (χ1v) is 10.1. The number of H-pyrrole nitrogens is 1. The molecular weight excluding hydrogens is 376 g/mol. The Balaban J connectivity index is 1.43. The number of imidazole rings is 1. The quantitative estimate of drug-likeness (QED) is 0.689. The van der Waals surface area contributed by atoms with Gasteiger partial charge in [0, 0.05) is 11.6 Å². The van der Waals surface area contributed by atoms with E-state index in [0.29, 0.717) is 11.6 Å². The number of fused-ring (bicyclic) bond motifs is 2. The van der Waals surface area contributed by atoms with Crippen LogP contribution in [0.15, 0.2) is 30.3 Å². The van der Waals surface area contributed by atoms with Crippen molar-refractivity contribution in [3.63, 3.8) is 0 Å². The first kappa shape index (κ1) is 17.5. The van der Waals surface area contributed by atoms with Gasteiger partial charge in [-0.15, -0.1) is 0 Å². The summed E-state index contributed by atoms with van der Waals surface area (Å²) in [7, 11) is 0. The molecule has 1 atom stereocenters. The number of aromatic nitrogens is 3. The van der Waals surface area contributed by atoms with E-state index in [0.717, 1.165) is 59.6 Å². The summed E-state index contributed by atoms with van der Waals surface area (Å²) in [6.07, 6.45) is 3.56. The molecule has 1 saturated carbocycles. The standard InChI is InChI=1S/C21H21ClN4O2/c1-12(20-24-16-7-4-13(22)11-18(16)25-20)15-8-9-19-17(23-15)3-2-10-26(19)21(27)28-14-5-6-14/h4,7-9,11-12,14H,2-3,5-6,10H2,1H3,(H,24,25)/t12-/m1/s1. The molecule has 144 valence electrons. The Bertz CT molecular complexity index is 1060. The average molecular weight is 397 g/mol. The van der Waals surface area contributed by atoms with Crippen LogP contribution in [0.2, 0.25) is 5.02 Å². The summed E-state index contributed by atoms with van der Waals surface area (Å²) in [4.78, 5) is 27.1. The van der Waals surface area contributed by atoms with Gasteiger partial charge in [-0.1, -0.05) is 11.6 Å². The van der Waals surface area contributed by atoms with Crippen molar-refractivity contribution in [3.8, 4) is 0 Å². The first-order chi connectivity index (χ1) is 13.6. The molecule has 0 bridgehead atoms. The van der Waals surface area contributed by atoms with Gasteiger partial charge in [-0.3, -0.25) is 9.88 Å². The number of ether oxygens (including phenoxy) is 1. The predicted molar refractivity (Wildman–Crippen MR) is 108 cm³/mol. The van der Waals surface area contributed by atoms with Crippen molar-refractivity contribution in [2.75, 3.05) is 11.4 Å². The molecule has 2 aromatic heterocycles. The van der Waals surface area contributed by atoms with Crippen LogP contribution in [0.3, 0.4) is 0 Å². The lowest BCUT2D eigenvalue weighted by atomic mass is 10.0. The summed E-state index contributed by atoms with van der Waals surface area (Å²) >= 11 is 6.08. The number of aryl methyl sites for hydroxylation is 1. The molecule has 0 radical (unpaired) electrons. The number of benzene rings is 1. The van der Waals surface area contributed by atoms with Crippen LogP contribution in [0, 0.1) is 0 Å². The fourth-order valence-electron chi connectivity index (χ4n) is 3.64. The molecule has 0 saturated heterocycles. The number of anilines is 1. The van der Waals surface area contributed by atoms with Crippen LogP contribution in [-0.2, 0) is 11.2 Å².